The van der Waals surface area contributed by atoms with Gasteiger partial charge in [0.25, 0.3) is 0 Å². The lowest BCUT2D eigenvalue weighted by atomic mass is 9.89. The first-order valence-electron chi connectivity index (χ1n) is 10.9. The summed E-state index contributed by atoms with van der Waals surface area (Å²) in [4.78, 5) is 0. The summed E-state index contributed by atoms with van der Waals surface area (Å²) in [6.07, 6.45) is -0.0364. The number of benzene rings is 1. The summed E-state index contributed by atoms with van der Waals surface area (Å²) in [7, 11) is -0.0473. The highest BCUT2D eigenvalue weighted by molar-refractivity contribution is 6.75. The van der Waals surface area contributed by atoms with E-state index < -0.39 is 8.32 Å². The summed E-state index contributed by atoms with van der Waals surface area (Å²) in [6.45, 7) is 16.6. The van der Waals surface area contributed by atoms with E-state index in [9.17, 15) is 0 Å². The molecule has 0 unspecified atom stereocenters. The lowest BCUT2D eigenvalue weighted by Gasteiger charge is -2.43. The molecular weight excluding hydrogens is 368 g/mol. The third-order valence-electron chi connectivity index (χ3n) is 6.67. The van der Waals surface area contributed by atoms with Gasteiger partial charge >= 0.3 is 0 Å². The van der Waals surface area contributed by atoms with Crippen molar-refractivity contribution in [1.29, 1.82) is 0 Å². The molecule has 4 nitrogen and oxygen atoms in total. The smallest absolute Gasteiger partial charge is 0.195 e. The zero-order valence-corrected chi connectivity index (χ0v) is 20.0. The highest BCUT2D eigenvalue weighted by Gasteiger charge is 2.41. The van der Waals surface area contributed by atoms with E-state index in [-0.39, 0.29) is 18.5 Å². The van der Waals surface area contributed by atoms with Crippen molar-refractivity contribution in [3.8, 4) is 5.75 Å². The minimum Gasteiger partial charge on any atom is -0.497 e. The standard InChI is InChI=1S/C23H40O4Si/c1-9-28(10-2,16(3)4)27-19(7)18(6)22-17(5)15-25-23(26-22)20-11-13-21(24-8)14-12-20/h11-14,16-19,22-23H,9-10,15H2,1-8H3/t17-,18-,19-,22+,23+/m0/s1. The molecule has 5 atom stereocenters. The van der Waals surface area contributed by atoms with E-state index in [2.05, 4.69) is 48.5 Å². The first kappa shape index (κ1) is 23.4. The van der Waals surface area contributed by atoms with Gasteiger partial charge in [-0.25, -0.2) is 0 Å². The zero-order chi connectivity index (χ0) is 20.9. The maximum atomic E-state index is 6.83. The maximum Gasteiger partial charge on any atom is 0.195 e. The Balaban J connectivity index is 2.10. The van der Waals surface area contributed by atoms with Crippen LogP contribution in [0.3, 0.4) is 0 Å². The minimum absolute atomic E-state index is 0.114. The van der Waals surface area contributed by atoms with Gasteiger partial charge < -0.3 is 18.6 Å². The topological polar surface area (TPSA) is 36.9 Å². The second-order valence-electron chi connectivity index (χ2n) is 8.63. The number of ether oxygens (including phenoxy) is 3. The Hall–Kier alpha value is -0.883. The van der Waals surface area contributed by atoms with Gasteiger partial charge in [0, 0.05) is 23.5 Å². The van der Waals surface area contributed by atoms with Gasteiger partial charge in [0.05, 0.1) is 19.8 Å². The first-order valence-corrected chi connectivity index (χ1v) is 13.3. The van der Waals surface area contributed by atoms with Crippen LogP contribution in [0.5, 0.6) is 5.75 Å². The lowest BCUT2D eigenvalue weighted by Crippen LogP contribution is -2.48. The molecule has 1 aromatic carbocycles. The molecule has 1 saturated heterocycles. The Morgan fingerprint density at radius 1 is 1.07 bits per heavy atom. The van der Waals surface area contributed by atoms with Gasteiger partial charge in [-0.1, -0.05) is 53.7 Å². The van der Waals surface area contributed by atoms with Crippen LogP contribution in [0.2, 0.25) is 17.6 Å². The van der Waals surface area contributed by atoms with E-state index >= 15 is 0 Å². The molecule has 160 valence electrons. The van der Waals surface area contributed by atoms with Crippen molar-refractivity contribution in [3.63, 3.8) is 0 Å². The van der Waals surface area contributed by atoms with Crippen LogP contribution in [0.1, 0.15) is 60.3 Å². The Labute approximate surface area is 173 Å². The molecular formula is C23H40O4Si. The monoisotopic (exact) mass is 408 g/mol. The van der Waals surface area contributed by atoms with Gasteiger partial charge in [0.15, 0.2) is 14.6 Å². The van der Waals surface area contributed by atoms with Gasteiger partial charge in [-0.2, -0.15) is 0 Å². The quantitative estimate of drug-likeness (QED) is 0.457. The first-order chi connectivity index (χ1) is 13.3. The summed E-state index contributed by atoms with van der Waals surface area (Å²) in [5.74, 6) is 1.49. The van der Waals surface area contributed by atoms with E-state index in [4.69, 9.17) is 18.6 Å². The predicted octanol–water partition coefficient (Wildman–Crippen LogP) is 6.18. The third kappa shape index (κ3) is 5.18. The molecule has 0 aromatic heterocycles. The highest BCUT2D eigenvalue weighted by Crippen LogP contribution is 2.37. The molecule has 28 heavy (non-hydrogen) atoms. The van der Waals surface area contributed by atoms with Crippen LogP contribution in [0.25, 0.3) is 0 Å². The summed E-state index contributed by atoms with van der Waals surface area (Å²) >= 11 is 0. The molecule has 0 radical (unpaired) electrons. The van der Waals surface area contributed by atoms with Crippen LogP contribution in [0.4, 0.5) is 0 Å². The average Bonchev–Trinajstić information content (AvgIpc) is 2.71. The van der Waals surface area contributed by atoms with Crippen LogP contribution in [0.15, 0.2) is 24.3 Å². The van der Waals surface area contributed by atoms with E-state index in [0.29, 0.717) is 24.0 Å². The SMILES string of the molecule is CC[Si](CC)(O[C@@H](C)[C@H](C)[C@@H]1O[C@H](c2ccc(OC)cc2)OC[C@@H]1C)C(C)C. The highest BCUT2D eigenvalue weighted by atomic mass is 28.4. The second-order valence-corrected chi connectivity index (χ2v) is 13.6. The molecule has 1 heterocycles. The van der Waals surface area contributed by atoms with Crippen LogP contribution < -0.4 is 4.74 Å². The molecule has 0 N–H and O–H groups in total. The zero-order valence-electron chi connectivity index (χ0n) is 19.0. The van der Waals surface area contributed by atoms with Crippen LogP contribution in [0, 0.1) is 11.8 Å². The summed E-state index contributed by atoms with van der Waals surface area (Å²) < 4.78 is 24.5. The largest absolute Gasteiger partial charge is 0.497 e. The molecule has 2 rings (SSSR count). The van der Waals surface area contributed by atoms with Crippen molar-refractivity contribution in [3.05, 3.63) is 29.8 Å². The fraction of sp³-hybridized carbons (Fsp3) is 0.739. The number of methoxy groups -OCH3 is 1. The Morgan fingerprint density at radius 2 is 1.68 bits per heavy atom. The predicted molar refractivity (Wildman–Crippen MR) is 117 cm³/mol. The molecule has 1 aliphatic rings. The second kappa shape index (κ2) is 10.2. The molecule has 0 bridgehead atoms. The Morgan fingerprint density at radius 3 is 2.18 bits per heavy atom. The van der Waals surface area contributed by atoms with Gasteiger partial charge in [0.1, 0.15) is 5.75 Å². The van der Waals surface area contributed by atoms with Gasteiger partial charge in [0.2, 0.25) is 0 Å². The minimum atomic E-state index is -1.72. The molecule has 1 fully saturated rings. The van der Waals surface area contributed by atoms with E-state index in [1.54, 1.807) is 7.11 Å². The van der Waals surface area contributed by atoms with E-state index in [0.717, 1.165) is 23.4 Å². The number of hydrogen-bond acceptors (Lipinski definition) is 4. The lowest BCUT2D eigenvalue weighted by molar-refractivity contribution is -0.254. The number of rotatable bonds is 9. The van der Waals surface area contributed by atoms with E-state index in [1.165, 1.54) is 0 Å². The van der Waals surface area contributed by atoms with Crippen molar-refractivity contribution < 1.29 is 18.6 Å². The van der Waals surface area contributed by atoms with Crippen molar-refractivity contribution in [1.82, 2.24) is 0 Å². The molecule has 0 saturated carbocycles. The van der Waals surface area contributed by atoms with E-state index in [1.807, 2.05) is 24.3 Å². The van der Waals surface area contributed by atoms with Crippen molar-refractivity contribution in [2.75, 3.05) is 13.7 Å². The molecule has 5 heteroatoms. The average molecular weight is 409 g/mol. The van der Waals surface area contributed by atoms with Crippen molar-refractivity contribution >= 4 is 8.32 Å². The molecule has 0 amide bonds. The van der Waals surface area contributed by atoms with Crippen LogP contribution in [-0.2, 0) is 13.9 Å². The van der Waals surface area contributed by atoms with Gasteiger partial charge in [-0.05, 0) is 36.7 Å². The molecule has 1 aliphatic heterocycles. The Bertz CT molecular complexity index is 585. The number of hydrogen-bond donors (Lipinski definition) is 0. The molecule has 0 aliphatic carbocycles. The maximum absolute atomic E-state index is 6.83. The van der Waals surface area contributed by atoms with Crippen LogP contribution in [-0.4, -0.2) is 34.2 Å². The van der Waals surface area contributed by atoms with Crippen LogP contribution >= 0.6 is 0 Å². The fourth-order valence-corrected chi connectivity index (χ4v) is 8.04. The van der Waals surface area contributed by atoms with Crippen molar-refractivity contribution in [2.45, 2.75) is 84.6 Å². The van der Waals surface area contributed by atoms with Gasteiger partial charge in [-0.15, -0.1) is 0 Å². The molecule has 1 aromatic rings. The fourth-order valence-electron chi connectivity index (χ4n) is 4.34. The summed E-state index contributed by atoms with van der Waals surface area (Å²) in [5.41, 5.74) is 1.66. The summed E-state index contributed by atoms with van der Waals surface area (Å²) in [5, 5.41) is 0. The van der Waals surface area contributed by atoms with Crippen molar-refractivity contribution in [2.24, 2.45) is 11.8 Å². The molecule has 0 spiro atoms. The third-order valence-corrected chi connectivity index (χ3v) is 12.0. The Kier molecular flexibility index (Phi) is 8.55. The summed E-state index contributed by atoms with van der Waals surface area (Å²) in [6, 6.07) is 10.3. The normalized spacial score (nSPS) is 25.5. The van der Waals surface area contributed by atoms with Gasteiger partial charge in [-0.3, -0.25) is 0 Å².